The number of hydrogen-bond acceptors (Lipinski definition) is 8. The Labute approximate surface area is 251 Å². The molecule has 0 radical (unpaired) electrons. The van der Waals surface area contributed by atoms with Crippen LogP contribution < -0.4 is 35.6 Å². The van der Waals surface area contributed by atoms with Crippen LogP contribution in [0.1, 0.15) is 50.8 Å². The van der Waals surface area contributed by atoms with Crippen molar-refractivity contribution in [2.24, 2.45) is 5.92 Å². The van der Waals surface area contributed by atoms with Crippen LogP contribution >= 0.6 is 0 Å². The highest BCUT2D eigenvalue weighted by atomic mass is 16.5. The second-order valence-electron chi connectivity index (χ2n) is 10.6. The van der Waals surface area contributed by atoms with Crippen LogP contribution in [0.5, 0.6) is 23.0 Å². The van der Waals surface area contributed by atoms with Gasteiger partial charge in [-0.15, -0.1) is 0 Å². The van der Waals surface area contributed by atoms with Gasteiger partial charge in [-0.05, 0) is 65.8 Å². The topological polar surface area (TPSA) is 135 Å². The normalized spacial score (nSPS) is 15.1. The molecule has 1 aliphatic carbocycles. The van der Waals surface area contributed by atoms with E-state index in [2.05, 4.69) is 16.0 Å². The molecule has 3 unspecified atom stereocenters. The third-order valence-electron chi connectivity index (χ3n) is 7.84. The summed E-state index contributed by atoms with van der Waals surface area (Å²) in [6.45, 7) is 5.34. The van der Waals surface area contributed by atoms with Gasteiger partial charge in [0.25, 0.3) is 0 Å². The summed E-state index contributed by atoms with van der Waals surface area (Å²) in [4.78, 5) is 39.4. The SMILES string of the molecule is CCC(C)C(Nc1ccc2c(cc1=O)C(NC(C)=O)CCc1cc(OC)c(OC)c(OC)c1-2)C(=O)Nc1cccc(O)c1. The Balaban J connectivity index is 1.86. The van der Waals surface area contributed by atoms with Crippen LogP contribution in [0.4, 0.5) is 11.4 Å². The molecule has 2 amide bonds. The maximum atomic E-state index is 13.8. The van der Waals surface area contributed by atoms with Gasteiger partial charge in [0.15, 0.2) is 11.5 Å². The smallest absolute Gasteiger partial charge is 0.247 e. The Morgan fingerprint density at radius 2 is 1.77 bits per heavy atom. The minimum Gasteiger partial charge on any atom is -0.508 e. The number of nitrogens with one attached hydrogen (secondary N) is 3. The first kappa shape index (κ1) is 31.2. The molecule has 3 aromatic carbocycles. The third-order valence-corrected chi connectivity index (χ3v) is 7.84. The number of fused-ring (bicyclic) bond motifs is 3. The molecule has 0 fully saturated rings. The molecule has 0 saturated heterocycles. The van der Waals surface area contributed by atoms with E-state index in [9.17, 15) is 19.5 Å². The molecule has 10 nitrogen and oxygen atoms in total. The lowest BCUT2D eigenvalue weighted by atomic mass is 9.95. The van der Waals surface area contributed by atoms with Gasteiger partial charge in [0.05, 0.1) is 33.1 Å². The number of amides is 2. The summed E-state index contributed by atoms with van der Waals surface area (Å²) >= 11 is 0. The summed E-state index contributed by atoms with van der Waals surface area (Å²) in [5.41, 5.74) is 3.31. The van der Waals surface area contributed by atoms with Crippen LogP contribution in [0.2, 0.25) is 0 Å². The molecule has 0 saturated carbocycles. The summed E-state index contributed by atoms with van der Waals surface area (Å²) < 4.78 is 17.1. The fourth-order valence-electron chi connectivity index (χ4n) is 5.50. The van der Waals surface area contributed by atoms with E-state index >= 15 is 0 Å². The van der Waals surface area contributed by atoms with Gasteiger partial charge in [0, 0.05) is 24.2 Å². The number of phenols is 1. The number of rotatable bonds is 10. The molecule has 0 aromatic heterocycles. The van der Waals surface area contributed by atoms with Crippen molar-refractivity contribution >= 4 is 23.2 Å². The Morgan fingerprint density at radius 1 is 1.02 bits per heavy atom. The van der Waals surface area contributed by atoms with Crippen molar-refractivity contribution in [3.8, 4) is 34.1 Å². The number of carbonyl (C=O) groups is 2. The predicted molar refractivity (Wildman–Crippen MR) is 166 cm³/mol. The average molecular weight is 590 g/mol. The average Bonchev–Trinajstić information content (AvgIpc) is 3.22. The molecule has 10 heteroatoms. The molecule has 4 N–H and O–H groups in total. The van der Waals surface area contributed by atoms with Crippen LogP contribution in [-0.4, -0.2) is 44.3 Å². The molecule has 0 heterocycles. The first-order chi connectivity index (χ1) is 20.6. The molecule has 228 valence electrons. The molecule has 3 aromatic rings. The molecule has 43 heavy (non-hydrogen) atoms. The molecule has 0 bridgehead atoms. The van der Waals surface area contributed by atoms with E-state index in [1.165, 1.54) is 32.2 Å². The Kier molecular flexibility index (Phi) is 9.80. The van der Waals surface area contributed by atoms with Crippen LogP contribution in [0, 0.1) is 5.92 Å². The molecule has 0 spiro atoms. The maximum Gasteiger partial charge on any atom is 0.247 e. The zero-order chi connectivity index (χ0) is 31.3. The standard InChI is InChI=1S/C33H39N3O7/c1-7-18(2)30(33(40)35-21-9-8-10-22(38)16-21)36-26-14-12-23-24(17-27(26)39)25(34-19(3)37)13-11-20-15-28(41-4)31(42-5)32(43-6)29(20)23/h8-10,12,14-18,25,30,38H,7,11,13H2,1-6H3,(H,34,37)(H,35,40)(H,36,39). The summed E-state index contributed by atoms with van der Waals surface area (Å²) in [7, 11) is 4.63. The lowest BCUT2D eigenvalue weighted by molar-refractivity contribution is -0.120. The van der Waals surface area contributed by atoms with Crippen LogP contribution in [0.25, 0.3) is 11.1 Å². The molecule has 4 rings (SSSR count). The predicted octanol–water partition coefficient (Wildman–Crippen LogP) is 5.03. The zero-order valence-corrected chi connectivity index (χ0v) is 25.4. The van der Waals surface area contributed by atoms with E-state index in [-0.39, 0.29) is 34.6 Å². The Bertz CT molecular complexity index is 1570. The Morgan fingerprint density at radius 3 is 2.40 bits per heavy atom. The highest BCUT2D eigenvalue weighted by Crippen LogP contribution is 2.50. The minimum atomic E-state index is -0.750. The van der Waals surface area contributed by atoms with Gasteiger partial charge in [-0.3, -0.25) is 14.4 Å². The molecular formula is C33H39N3O7. The fourth-order valence-corrected chi connectivity index (χ4v) is 5.50. The third kappa shape index (κ3) is 6.69. The van der Waals surface area contributed by atoms with E-state index in [0.717, 1.165) is 11.1 Å². The second-order valence-corrected chi connectivity index (χ2v) is 10.6. The van der Waals surface area contributed by atoms with Crippen LogP contribution in [-0.2, 0) is 16.0 Å². The lowest BCUT2D eigenvalue weighted by Gasteiger charge is -2.24. The van der Waals surface area contributed by atoms with Gasteiger partial charge in [0.2, 0.25) is 23.0 Å². The number of carbonyl (C=O) groups excluding carboxylic acids is 2. The van der Waals surface area contributed by atoms with E-state index in [1.807, 2.05) is 26.0 Å². The van der Waals surface area contributed by atoms with Gasteiger partial charge in [-0.2, -0.15) is 0 Å². The molecule has 1 aliphatic rings. The van der Waals surface area contributed by atoms with E-state index in [4.69, 9.17) is 14.2 Å². The van der Waals surface area contributed by atoms with E-state index < -0.39 is 12.1 Å². The molecule has 0 aliphatic heterocycles. The van der Waals surface area contributed by atoms with Gasteiger partial charge in [0.1, 0.15) is 11.8 Å². The number of ether oxygens (including phenoxy) is 3. The van der Waals surface area contributed by atoms with Gasteiger partial charge < -0.3 is 35.3 Å². The Hall–Kier alpha value is -4.73. The van der Waals surface area contributed by atoms with Crippen molar-refractivity contribution in [3.63, 3.8) is 0 Å². The van der Waals surface area contributed by atoms with Gasteiger partial charge >= 0.3 is 0 Å². The first-order valence-corrected chi connectivity index (χ1v) is 14.3. The van der Waals surface area contributed by atoms with Crippen LogP contribution in [0.15, 0.2) is 53.3 Å². The van der Waals surface area contributed by atoms with Gasteiger partial charge in [-0.25, -0.2) is 0 Å². The number of methoxy groups -OCH3 is 3. The van der Waals surface area contributed by atoms with Crippen molar-refractivity contribution in [2.45, 2.75) is 52.1 Å². The quantitative estimate of drug-likeness (QED) is 0.259. The fraction of sp³-hybridized carbons (Fsp3) is 0.364. The van der Waals surface area contributed by atoms with E-state index in [1.54, 1.807) is 32.4 Å². The number of aromatic hydroxyl groups is 1. The van der Waals surface area contributed by atoms with Crippen LogP contribution in [0.3, 0.4) is 0 Å². The maximum absolute atomic E-state index is 13.8. The summed E-state index contributed by atoms with van der Waals surface area (Å²) in [5, 5.41) is 18.9. The zero-order valence-electron chi connectivity index (χ0n) is 25.4. The minimum absolute atomic E-state index is 0.0305. The van der Waals surface area contributed by atoms with E-state index in [0.29, 0.717) is 53.3 Å². The largest absolute Gasteiger partial charge is 0.508 e. The van der Waals surface area contributed by atoms with Crippen molar-refractivity contribution in [1.29, 1.82) is 0 Å². The number of anilines is 2. The number of phenolic OH excluding ortho intramolecular Hbond substituents is 1. The highest BCUT2D eigenvalue weighted by Gasteiger charge is 2.30. The van der Waals surface area contributed by atoms with Crippen molar-refractivity contribution in [1.82, 2.24) is 5.32 Å². The number of hydrogen-bond donors (Lipinski definition) is 4. The van der Waals surface area contributed by atoms with Crippen molar-refractivity contribution in [2.75, 3.05) is 32.0 Å². The summed E-state index contributed by atoms with van der Waals surface area (Å²) in [6, 6.07) is 12.0. The monoisotopic (exact) mass is 589 g/mol. The first-order valence-electron chi connectivity index (χ1n) is 14.3. The second kappa shape index (κ2) is 13.5. The molecule has 3 atom stereocenters. The highest BCUT2D eigenvalue weighted by molar-refractivity contribution is 5.97. The summed E-state index contributed by atoms with van der Waals surface area (Å²) in [5.74, 6) is 0.721. The number of aryl methyl sites for hydroxylation is 1. The van der Waals surface area contributed by atoms with Gasteiger partial charge in [-0.1, -0.05) is 32.4 Å². The lowest BCUT2D eigenvalue weighted by Crippen LogP contribution is -2.40. The summed E-state index contributed by atoms with van der Waals surface area (Å²) in [6.07, 6.45) is 1.79. The van der Waals surface area contributed by atoms with Crippen molar-refractivity contribution < 1.29 is 28.9 Å². The van der Waals surface area contributed by atoms with Crippen molar-refractivity contribution in [3.05, 3.63) is 69.9 Å². The molecular weight excluding hydrogens is 550 g/mol. The number of benzene rings is 2.